The number of aromatic hydroxyl groups is 1. The number of ether oxygens (including phenoxy) is 1. The summed E-state index contributed by atoms with van der Waals surface area (Å²) in [5, 5.41) is 21.0. The normalized spacial score (nSPS) is 11.3. The molecule has 1 N–H and O–H groups in total. The van der Waals surface area contributed by atoms with Gasteiger partial charge in [-0.1, -0.05) is 18.2 Å². The van der Waals surface area contributed by atoms with Crippen molar-refractivity contribution in [2.45, 2.75) is 4.90 Å². The molecule has 0 aliphatic heterocycles. The minimum Gasteiger partial charge on any atom is -0.500 e. The zero-order valence-corrected chi connectivity index (χ0v) is 14.3. The Bertz CT molecular complexity index is 1080. The number of phenols is 1. The molecule has 0 bridgehead atoms. The highest BCUT2D eigenvalue weighted by Crippen LogP contribution is 2.40. The third kappa shape index (κ3) is 2.86. The number of aromatic nitrogens is 2. The van der Waals surface area contributed by atoms with Gasteiger partial charge in [0.15, 0.2) is 11.6 Å². The van der Waals surface area contributed by atoms with E-state index in [2.05, 4.69) is 4.98 Å². The molecule has 9 nitrogen and oxygen atoms in total. The molecule has 26 heavy (non-hydrogen) atoms. The quantitative estimate of drug-likeness (QED) is 0.536. The van der Waals surface area contributed by atoms with Crippen LogP contribution in [0.25, 0.3) is 11.4 Å². The number of benzene rings is 2. The van der Waals surface area contributed by atoms with Gasteiger partial charge in [0, 0.05) is 24.0 Å². The maximum absolute atomic E-state index is 12.8. The lowest BCUT2D eigenvalue weighted by atomic mass is 10.1. The smallest absolute Gasteiger partial charge is 0.315 e. The number of hydrogen-bond acceptors (Lipinski definition) is 7. The molecular weight excluding hydrogens is 362 g/mol. The van der Waals surface area contributed by atoms with Crippen LogP contribution in [0.3, 0.4) is 0 Å². The number of rotatable bonds is 5. The standard InChI is InChI=1S/C16H13N3O6S/c1-25-14-10-11(9-13(15(14)20)19(21)22)16-17-7-8-18(16)26(23,24)12-5-3-2-4-6-12/h2-10,20H,1H3. The summed E-state index contributed by atoms with van der Waals surface area (Å²) in [5.41, 5.74) is -0.512. The van der Waals surface area contributed by atoms with Gasteiger partial charge in [0.2, 0.25) is 5.75 Å². The summed E-state index contributed by atoms with van der Waals surface area (Å²) in [6.07, 6.45) is 2.50. The number of phenolic OH excluding ortho intramolecular Hbond substituents is 1. The Morgan fingerprint density at radius 1 is 1.23 bits per heavy atom. The molecule has 10 heteroatoms. The van der Waals surface area contributed by atoms with Crippen molar-refractivity contribution in [3.05, 3.63) is 65.0 Å². The number of nitrogens with zero attached hydrogens (tertiary/aromatic N) is 3. The summed E-state index contributed by atoms with van der Waals surface area (Å²) >= 11 is 0. The van der Waals surface area contributed by atoms with Gasteiger partial charge >= 0.3 is 5.69 Å². The molecular formula is C16H13N3O6S. The highest BCUT2D eigenvalue weighted by atomic mass is 32.2. The van der Waals surface area contributed by atoms with Crippen molar-refractivity contribution in [3.8, 4) is 22.9 Å². The van der Waals surface area contributed by atoms with E-state index in [9.17, 15) is 23.6 Å². The number of hydrogen-bond donors (Lipinski definition) is 1. The molecule has 0 spiro atoms. The van der Waals surface area contributed by atoms with E-state index >= 15 is 0 Å². The van der Waals surface area contributed by atoms with Crippen LogP contribution in [0.15, 0.2) is 59.8 Å². The fourth-order valence-corrected chi connectivity index (χ4v) is 3.73. The van der Waals surface area contributed by atoms with Crippen LogP contribution < -0.4 is 4.74 Å². The minimum atomic E-state index is -3.96. The molecule has 0 unspecified atom stereocenters. The van der Waals surface area contributed by atoms with Gasteiger partial charge < -0.3 is 9.84 Å². The molecule has 3 rings (SSSR count). The Morgan fingerprint density at radius 3 is 2.54 bits per heavy atom. The first kappa shape index (κ1) is 17.4. The van der Waals surface area contributed by atoms with Crippen molar-refractivity contribution >= 4 is 15.7 Å². The summed E-state index contributed by atoms with van der Waals surface area (Å²) in [4.78, 5) is 14.4. The average molecular weight is 375 g/mol. The second kappa shape index (κ2) is 6.48. The highest BCUT2D eigenvalue weighted by Gasteiger charge is 2.25. The fourth-order valence-electron chi connectivity index (χ4n) is 2.41. The number of methoxy groups -OCH3 is 1. The lowest BCUT2D eigenvalue weighted by Gasteiger charge is -2.11. The van der Waals surface area contributed by atoms with E-state index < -0.39 is 26.4 Å². The summed E-state index contributed by atoms with van der Waals surface area (Å²) < 4.78 is 31.5. The van der Waals surface area contributed by atoms with Crippen LogP contribution in [-0.2, 0) is 10.0 Å². The summed E-state index contributed by atoms with van der Waals surface area (Å²) in [6, 6.07) is 10.0. The predicted octanol–water partition coefficient (Wildman–Crippen LogP) is 2.41. The van der Waals surface area contributed by atoms with E-state index in [1.54, 1.807) is 18.2 Å². The van der Waals surface area contributed by atoms with Gasteiger partial charge in [0.25, 0.3) is 10.0 Å². The SMILES string of the molecule is COc1cc(-c2nccn2S(=O)(=O)c2ccccc2)cc([N+](=O)[O-])c1O. The molecule has 2 aromatic carbocycles. The van der Waals surface area contributed by atoms with Crippen LogP contribution in [0.1, 0.15) is 0 Å². The molecule has 0 radical (unpaired) electrons. The van der Waals surface area contributed by atoms with Crippen molar-refractivity contribution in [2.75, 3.05) is 7.11 Å². The minimum absolute atomic E-state index is 0.0412. The Morgan fingerprint density at radius 2 is 1.92 bits per heavy atom. The van der Waals surface area contributed by atoms with Gasteiger partial charge in [0.05, 0.1) is 16.9 Å². The first-order valence-corrected chi connectivity index (χ1v) is 8.70. The van der Waals surface area contributed by atoms with Crippen molar-refractivity contribution in [2.24, 2.45) is 0 Å². The van der Waals surface area contributed by atoms with Gasteiger partial charge in [-0.15, -0.1) is 0 Å². The van der Waals surface area contributed by atoms with Crippen molar-refractivity contribution < 1.29 is 23.2 Å². The van der Waals surface area contributed by atoms with Crippen molar-refractivity contribution in [3.63, 3.8) is 0 Å². The molecule has 1 aromatic heterocycles. The first-order valence-electron chi connectivity index (χ1n) is 7.26. The Kier molecular flexibility index (Phi) is 4.34. The third-order valence-corrected chi connectivity index (χ3v) is 5.32. The predicted molar refractivity (Wildman–Crippen MR) is 91.6 cm³/mol. The maximum Gasteiger partial charge on any atom is 0.315 e. The molecule has 0 amide bonds. The van der Waals surface area contributed by atoms with Crippen LogP contribution in [0.2, 0.25) is 0 Å². The van der Waals surface area contributed by atoms with Gasteiger partial charge in [-0.25, -0.2) is 17.4 Å². The van der Waals surface area contributed by atoms with E-state index in [0.29, 0.717) is 0 Å². The second-order valence-corrected chi connectivity index (χ2v) is 6.98. The molecule has 0 aliphatic rings. The fraction of sp³-hybridized carbons (Fsp3) is 0.0625. The van der Waals surface area contributed by atoms with Gasteiger partial charge in [-0.05, 0) is 18.2 Å². The van der Waals surface area contributed by atoms with Crippen LogP contribution >= 0.6 is 0 Å². The average Bonchev–Trinajstić information content (AvgIpc) is 3.13. The van der Waals surface area contributed by atoms with Crippen LogP contribution in [0.5, 0.6) is 11.5 Å². The number of imidazole rings is 1. The topological polar surface area (TPSA) is 125 Å². The van der Waals surface area contributed by atoms with E-state index in [1.807, 2.05) is 0 Å². The van der Waals surface area contributed by atoms with Gasteiger partial charge in [-0.3, -0.25) is 10.1 Å². The molecule has 3 aromatic rings. The maximum atomic E-state index is 12.8. The number of nitro groups is 1. The monoisotopic (exact) mass is 375 g/mol. The van der Waals surface area contributed by atoms with Gasteiger partial charge in [0.1, 0.15) is 0 Å². The zero-order chi connectivity index (χ0) is 18.9. The Hall–Kier alpha value is -3.40. The number of nitro benzene ring substituents is 1. The van der Waals surface area contributed by atoms with E-state index in [0.717, 1.165) is 10.0 Å². The first-order chi connectivity index (χ1) is 12.4. The third-order valence-electron chi connectivity index (χ3n) is 3.64. The van der Waals surface area contributed by atoms with E-state index in [-0.39, 0.29) is 22.0 Å². The van der Waals surface area contributed by atoms with E-state index in [4.69, 9.17) is 4.74 Å². The molecule has 0 atom stereocenters. The van der Waals surface area contributed by atoms with E-state index in [1.165, 1.54) is 37.7 Å². The molecule has 1 heterocycles. The zero-order valence-electron chi connectivity index (χ0n) is 13.4. The largest absolute Gasteiger partial charge is 0.500 e. The Labute approximate surface area is 148 Å². The van der Waals surface area contributed by atoms with Crippen LogP contribution in [-0.4, -0.2) is 34.5 Å². The Balaban J connectivity index is 2.22. The molecule has 0 saturated heterocycles. The lowest BCUT2D eigenvalue weighted by molar-refractivity contribution is -0.385. The van der Waals surface area contributed by atoms with Crippen molar-refractivity contribution in [1.82, 2.24) is 8.96 Å². The molecule has 0 saturated carbocycles. The molecule has 0 fully saturated rings. The highest BCUT2D eigenvalue weighted by molar-refractivity contribution is 7.90. The lowest BCUT2D eigenvalue weighted by Crippen LogP contribution is -2.13. The molecule has 134 valence electrons. The summed E-state index contributed by atoms with van der Waals surface area (Å²) in [7, 11) is -2.72. The van der Waals surface area contributed by atoms with Gasteiger partial charge in [-0.2, -0.15) is 0 Å². The second-order valence-electron chi connectivity index (χ2n) is 5.17. The van der Waals surface area contributed by atoms with Crippen LogP contribution in [0, 0.1) is 10.1 Å². The van der Waals surface area contributed by atoms with Crippen molar-refractivity contribution in [1.29, 1.82) is 0 Å². The van der Waals surface area contributed by atoms with Crippen LogP contribution in [0.4, 0.5) is 5.69 Å². The molecule has 0 aliphatic carbocycles. The summed E-state index contributed by atoms with van der Waals surface area (Å²) in [6.45, 7) is 0. The summed E-state index contributed by atoms with van der Waals surface area (Å²) in [5.74, 6) is -0.860.